The van der Waals surface area contributed by atoms with Gasteiger partial charge < -0.3 is 10.2 Å². The Morgan fingerprint density at radius 3 is 2.72 bits per heavy atom. The summed E-state index contributed by atoms with van der Waals surface area (Å²) in [5, 5.41) is 3.42. The van der Waals surface area contributed by atoms with E-state index in [1.807, 2.05) is 30.1 Å². The zero-order valence-electron chi connectivity index (χ0n) is 10.9. The van der Waals surface area contributed by atoms with Crippen molar-refractivity contribution in [2.24, 2.45) is 5.41 Å². The molecule has 0 aromatic heterocycles. The molecule has 0 bridgehead atoms. The van der Waals surface area contributed by atoms with Crippen molar-refractivity contribution in [1.82, 2.24) is 10.2 Å². The minimum atomic E-state index is 0.181. The van der Waals surface area contributed by atoms with Gasteiger partial charge in [-0.05, 0) is 49.4 Å². The van der Waals surface area contributed by atoms with E-state index < -0.39 is 0 Å². The molecule has 3 heteroatoms. The minimum absolute atomic E-state index is 0.181. The molecule has 2 aliphatic rings. The molecule has 2 heterocycles. The molecule has 0 saturated carbocycles. The Morgan fingerprint density at radius 1 is 1.22 bits per heavy atom. The second-order valence-electron chi connectivity index (χ2n) is 5.75. The molecule has 1 saturated heterocycles. The van der Waals surface area contributed by atoms with Crippen molar-refractivity contribution >= 4 is 5.91 Å². The Hall–Kier alpha value is -1.35. The second-order valence-corrected chi connectivity index (χ2v) is 5.75. The first kappa shape index (κ1) is 11.7. The van der Waals surface area contributed by atoms with Crippen LogP contribution in [0.25, 0.3) is 0 Å². The molecule has 2 aliphatic heterocycles. The highest BCUT2D eigenvalue weighted by Crippen LogP contribution is 2.37. The van der Waals surface area contributed by atoms with Crippen LogP contribution < -0.4 is 5.32 Å². The van der Waals surface area contributed by atoms with Gasteiger partial charge in [0.1, 0.15) is 0 Å². The average Bonchev–Trinajstić information content (AvgIpc) is 2.48. The number of hydrogen-bond acceptors (Lipinski definition) is 2. The third-order valence-corrected chi connectivity index (χ3v) is 4.40. The summed E-state index contributed by atoms with van der Waals surface area (Å²) in [6, 6.07) is 8.10. The van der Waals surface area contributed by atoms with Crippen LogP contribution in [0.2, 0.25) is 0 Å². The van der Waals surface area contributed by atoms with Crippen LogP contribution in [0.3, 0.4) is 0 Å². The van der Waals surface area contributed by atoms with E-state index in [9.17, 15) is 4.79 Å². The predicted molar refractivity (Wildman–Crippen MR) is 71.6 cm³/mol. The number of carbonyl (C=O) groups is 1. The Kier molecular flexibility index (Phi) is 2.86. The lowest BCUT2D eigenvalue weighted by Gasteiger charge is -2.38. The standard InChI is InChI=1S/C15H20N2O/c1-17-11-15(6-8-16-9-7-15)10-12-4-2-3-5-13(12)14(17)18/h2-5,16H,6-11H2,1H3. The van der Waals surface area contributed by atoms with Crippen LogP contribution in [0, 0.1) is 5.41 Å². The first-order chi connectivity index (χ1) is 8.70. The summed E-state index contributed by atoms with van der Waals surface area (Å²) >= 11 is 0. The monoisotopic (exact) mass is 244 g/mol. The lowest BCUT2D eigenvalue weighted by molar-refractivity contribution is 0.0693. The fraction of sp³-hybridized carbons (Fsp3) is 0.533. The maximum atomic E-state index is 12.4. The van der Waals surface area contributed by atoms with Crippen molar-refractivity contribution in [3.8, 4) is 0 Å². The van der Waals surface area contributed by atoms with Crippen molar-refractivity contribution in [3.63, 3.8) is 0 Å². The third-order valence-electron chi connectivity index (χ3n) is 4.40. The van der Waals surface area contributed by atoms with Crippen LogP contribution >= 0.6 is 0 Å². The molecule has 0 radical (unpaired) electrons. The van der Waals surface area contributed by atoms with Gasteiger partial charge in [-0.1, -0.05) is 18.2 Å². The maximum absolute atomic E-state index is 12.4. The summed E-state index contributed by atoms with van der Waals surface area (Å²) in [6.45, 7) is 3.04. The van der Waals surface area contributed by atoms with E-state index in [4.69, 9.17) is 0 Å². The highest BCUT2D eigenvalue weighted by molar-refractivity contribution is 5.96. The molecule has 1 N–H and O–H groups in total. The van der Waals surface area contributed by atoms with Gasteiger partial charge in [0.2, 0.25) is 0 Å². The van der Waals surface area contributed by atoms with Crippen LogP contribution in [-0.2, 0) is 6.42 Å². The number of benzene rings is 1. The van der Waals surface area contributed by atoms with Crippen molar-refractivity contribution in [3.05, 3.63) is 35.4 Å². The molecule has 0 atom stereocenters. The predicted octanol–water partition coefficient (Wildman–Crippen LogP) is 1.68. The number of fused-ring (bicyclic) bond motifs is 1. The molecule has 1 aromatic rings. The van der Waals surface area contributed by atoms with Gasteiger partial charge >= 0.3 is 0 Å². The van der Waals surface area contributed by atoms with E-state index in [1.54, 1.807) is 0 Å². The maximum Gasteiger partial charge on any atom is 0.253 e. The molecule has 96 valence electrons. The van der Waals surface area contributed by atoms with Crippen molar-refractivity contribution < 1.29 is 4.79 Å². The van der Waals surface area contributed by atoms with Gasteiger partial charge in [-0.2, -0.15) is 0 Å². The van der Waals surface area contributed by atoms with Crippen molar-refractivity contribution in [1.29, 1.82) is 0 Å². The SMILES string of the molecule is CN1CC2(CCNCC2)Cc2ccccc2C1=O. The molecule has 3 nitrogen and oxygen atoms in total. The largest absolute Gasteiger partial charge is 0.341 e. The Labute approximate surface area is 108 Å². The van der Waals surface area contributed by atoms with E-state index in [1.165, 1.54) is 18.4 Å². The summed E-state index contributed by atoms with van der Waals surface area (Å²) in [5.74, 6) is 0.181. The quantitative estimate of drug-likeness (QED) is 0.753. The van der Waals surface area contributed by atoms with Gasteiger partial charge in [0.05, 0.1) is 0 Å². The van der Waals surface area contributed by atoms with Crippen LogP contribution in [0.4, 0.5) is 0 Å². The molecule has 1 amide bonds. The third kappa shape index (κ3) is 1.93. The van der Waals surface area contributed by atoms with Crippen LogP contribution in [-0.4, -0.2) is 37.5 Å². The molecule has 0 unspecified atom stereocenters. The first-order valence-corrected chi connectivity index (χ1v) is 6.74. The van der Waals surface area contributed by atoms with Gasteiger partial charge in [-0.25, -0.2) is 0 Å². The smallest absolute Gasteiger partial charge is 0.253 e. The summed E-state index contributed by atoms with van der Waals surface area (Å²) < 4.78 is 0. The number of carbonyl (C=O) groups excluding carboxylic acids is 1. The lowest BCUT2D eigenvalue weighted by atomic mass is 9.74. The number of hydrogen-bond donors (Lipinski definition) is 1. The van der Waals surface area contributed by atoms with E-state index >= 15 is 0 Å². The summed E-state index contributed by atoms with van der Waals surface area (Å²) in [5.41, 5.74) is 2.41. The molecular formula is C15H20N2O. The number of rotatable bonds is 0. The van der Waals surface area contributed by atoms with Gasteiger partial charge in [-0.3, -0.25) is 4.79 Å². The molecule has 1 aromatic carbocycles. The summed E-state index contributed by atoms with van der Waals surface area (Å²) in [7, 11) is 1.94. The molecule has 1 spiro atoms. The Balaban J connectivity index is 2.01. The normalized spacial score (nSPS) is 22.7. The summed E-state index contributed by atoms with van der Waals surface area (Å²) in [6.07, 6.45) is 3.37. The number of amides is 1. The molecule has 3 rings (SSSR count). The van der Waals surface area contributed by atoms with E-state index in [0.29, 0.717) is 0 Å². The van der Waals surface area contributed by atoms with E-state index in [2.05, 4.69) is 11.4 Å². The average molecular weight is 244 g/mol. The minimum Gasteiger partial charge on any atom is -0.341 e. The lowest BCUT2D eigenvalue weighted by Crippen LogP contribution is -2.44. The van der Waals surface area contributed by atoms with Gasteiger partial charge in [0.25, 0.3) is 5.91 Å². The molecule has 18 heavy (non-hydrogen) atoms. The first-order valence-electron chi connectivity index (χ1n) is 6.74. The zero-order chi connectivity index (χ0) is 12.6. The van der Waals surface area contributed by atoms with E-state index in [-0.39, 0.29) is 11.3 Å². The Bertz CT molecular complexity index is 463. The van der Waals surface area contributed by atoms with Gasteiger partial charge in [0.15, 0.2) is 0 Å². The van der Waals surface area contributed by atoms with Crippen molar-refractivity contribution in [2.45, 2.75) is 19.3 Å². The second kappa shape index (κ2) is 4.39. The molecule has 1 fully saturated rings. The highest BCUT2D eigenvalue weighted by atomic mass is 16.2. The number of nitrogens with one attached hydrogen (secondary N) is 1. The van der Waals surface area contributed by atoms with Crippen LogP contribution in [0.15, 0.2) is 24.3 Å². The van der Waals surface area contributed by atoms with Crippen molar-refractivity contribution in [2.75, 3.05) is 26.7 Å². The molecule has 0 aliphatic carbocycles. The van der Waals surface area contributed by atoms with Crippen LogP contribution in [0.1, 0.15) is 28.8 Å². The highest BCUT2D eigenvalue weighted by Gasteiger charge is 2.38. The topological polar surface area (TPSA) is 32.3 Å². The number of piperidine rings is 1. The molecular weight excluding hydrogens is 224 g/mol. The van der Waals surface area contributed by atoms with E-state index in [0.717, 1.165) is 31.6 Å². The summed E-state index contributed by atoms with van der Waals surface area (Å²) in [4.78, 5) is 14.3. The van der Waals surface area contributed by atoms with Crippen LogP contribution in [0.5, 0.6) is 0 Å². The fourth-order valence-corrected chi connectivity index (χ4v) is 3.42. The van der Waals surface area contributed by atoms with Gasteiger partial charge in [-0.15, -0.1) is 0 Å². The zero-order valence-corrected chi connectivity index (χ0v) is 10.9. The Morgan fingerprint density at radius 2 is 1.94 bits per heavy atom. The fourth-order valence-electron chi connectivity index (χ4n) is 3.42. The van der Waals surface area contributed by atoms with Gasteiger partial charge in [0, 0.05) is 19.2 Å². The number of nitrogens with zero attached hydrogens (tertiary/aromatic N) is 1.